The molecule has 0 aromatic rings. The van der Waals surface area contributed by atoms with E-state index in [0.29, 0.717) is 6.04 Å². The van der Waals surface area contributed by atoms with E-state index in [0.717, 1.165) is 12.6 Å². The Labute approximate surface area is 132 Å². The Bertz CT molecular complexity index is 255. The lowest BCUT2D eigenvalue weighted by atomic mass is 9.97. The van der Waals surface area contributed by atoms with E-state index in [4.69, 9.17) is 5.73 Å². The van der Waals surface area contributed by atoms with Crippen molar-refractivity contribution in [1.82, 2.24) is 9.80 Å². The van der Waals surface area contributed by atoms with Gasteiger partial charge in [-0.15, -0.1) is 0 Å². The van der Waals surface area contributed by atoms with Gasteiger partial charge >= 0.3 is 0 Å². The molecule has 2 aliphatic heterocycles. The molecule has 0 radical (unpaired) electrons. The summed E-state index contributed by atoms with van der Waals surface area (Å²) in [4.78, 5) is 5.45. The molecule has 0 aromatic heterocycles. The molecule has 2 saturated heterocycles. The summed E-state index contributed by atoms with van der Waals surface area (Å²) in [7, 11) is 0. The largest absolute Gasteiger partial charge is 0.329 e. The van der Waals surface area contributed by atoms with Crippen LogP contribution in [0.1, 0.15) is 71.1 Å². The molecule has 0 saturated carbocycles. The van der Waals surface area contributed by atoms with Gasteiger partial charge in [-0.1, -0.05) is 39.0 Å². The lowest BCUT2D eigenvalue weighted by Gasteiger charge is -2.42. The van der Waals surface area contributed by atoms with Gasteiger partial charge in [0.1, 0.15) is 0 Å². The quantitative estimate of drug-likeness (QED) is 0.698. The zero-order valence-electron chi connectivity index (χ0n) is 14.2. The molecule has 1 atom stereocenters. The average Bonchev–Trinajstić information content (AvgIpc) is 2.56. The summed E-state index contributed by atoms with van der Waals surface area (Å²) >= 11 is 0. The predicted octanol–water partition coefficient (Wildman–Crippen LogP) is 3.23. The normalized spacial score (nSPS) is 24.3. The monoisotopic (exact) mass is 295 g/mol. The minimum absolute atomic E-state index is 0.643. The number of unbranched alkanes of at least 4 members (excludes halogenated alkanes) is 3. The summed E-state index contributed by atoms with van der Waals surface area (Å²) in [5.74, 6) is 0. The molecular weight excluding hydrogens is 258 g/mol. The van der Waals surface area contributed by atoms with Crippen LogP contribution < -0.4 is 5.73 Å². The molecule has 1 unspecified atom stereocenters. The van der Waals surface area contributed by atoms with Crippen LogP contribution in [0.25, 0.3) is 0 Å². The molecule has 2 fully saturated rings. The number of hydrogen-bond acceptors (Lipinski definition) is 3. The maximum absolute atomic E-state index is 6.04. The zero-order chi connectivity index (χ0) is 14.9. The van der Waals surface area contributed by atoms with Crippen LogP contribution in [0.3, 0.4) is 0 Å². The zero-order valence-corrected chi connectivity index (χ0v) is 14.2. The third-order valence-electron chi connectivity index (χ3n) is 5.59. The van der Waals surface area contributed by atoms with Gasteiger partial charge in [0, 0.05) is 18.6 Å². The van der Waals surface area contributed by atoms with E-state index in [-0.39, 0.29) is 0 Å². The molecule has 3 heteroatoms. The SMILES string of the molecule is CCCCCCC(CN)N1CCC(N2CCCCC2)CC1. The minimum atomic E-state index is 0.643. The molecule has 124 valence electrons. The van der Waals surface area contributed by atoms with Crippen molar-refractivity contribution in [2.75, 3.05) is 32.7 Å². The fourth-order valence-corrected chi connectivity index (χ4v) is 4.16. The lowest BCUT2D eigenvalue weighted by Crippen LogP contribution is -2.50. The highest BCUT2D eigenvalue weighted by Gasteiger charge is 2.28. The first-order valence-corrected chi connectivity index (χ1v) is 9.53. The number of likely N-dealkylation sites (tertiary alicyclic amines) is 2. The maximum atomic E-state index is 6.04. The molecule has 0 spiro atoms. The third-order valence-corrected chi connectivity index (χ3v) is 5.59. The summed E-state index contributed by atoms with van der Waals surface area (Å²) in [5, 5.41) is 0. The molecule has 2 heterocycles. The number of nitrogens with two attached hydrogens (primary N) is 1. The Hall–Kier alpha value is -0.120. The number of rotatable bonds is 8. The van der Waals surface area contributed by atoms with Crippen LogP contribution in [0, 0.1) is 0 Å². The third kappa shape index (κ3) is 5.54. The fourth-order valence-electron chi connectivity index (χ4n) is 4.16. The molecule has 0 bridgehead atoms. The van der Waals surface area contributed by atoms with Crippen molar-refractivity contribution < 1.29 is 0 Å². The van der Waals surface area contributed by atoms with Gasteiger partial charge in [0.05, 0.1) is 0 Å². The van der Waals surface area contributed by atoms with Gasteiger partial charge in [-0.05, 0) is 58.3 Å². The van der Waals surface area contributed by atoms with E-state index in [9.17, 15) is 0 Å². The molecule has 0 aliphatic carbocycles. The van der Waals surface area contributed by atoms with Gasteiger partial charge in [-0.2, -0.15) is 0 Å². The smallest absolute Gasteiger partial charge is 0.0218 e. The first kappa shape index (κ1) is 17.2. The van der Waals surface area contributed by atoms with Gasteiger partial charge in [0.25, 0.3) is 0 Å². The van der Waals surface area contributed by atoms with Gasteiger partial charge in [0.2, 0.25) is 0 Å². The highest BCUT2D eigenvalue weighted by atomic mass is 15.2. The number of nitrogens with zero attached hydrogens (tertiary/aromatic N) is 2. The minimum Gasteiger partial charge on any atom is -0.329 e. The molecule has 2 aliphatic rings. The topological polar surface area (TPSA) is 32.5 Å². The van der Waals surface area contributed by atoms with Gasteiger partial charge in [0.15, 0.2) is 0 Å². The first-order chi connectivity index (χ1) is 10.3. The summed E-state index contributed by atoms with van der Waals surface area (Å²) < 4.78 is 0. The summed E-state index contributed by atoms with van der Waals surface area (Å²) in [6, 6.07) is 1.50. The van der Waals surface area contributed by atoms with Crippen LogP contribution in [-0.4, -0.2) is 54.6 Å². The Kier molecular flexibility index (Phi) is 8.05. The van der Waals surface area contributed by atoms with Crippen LogP contribution in [-0.2, 0) is 0 Å². The Morgan fingerprint density at radius 2 is 1.67 bits per heavy atom. The Morgan fingerprint density at radius 3 is 2.29 bits per heavy atom. The molecule has 0 aromatic carbocycles. The van der Waals surface area contributed by atoms with E-state index in [1.54, 1.807) is 0 Å². The van der Waals surface area contributed by atoms with Crippen LogP contribution in [0.5, 0.6) is 0 Å². The molecule has 3 nitrogen and oxygen atoms in total. The number of piperidine rings is 2. The van der Waals surface area contributed by atoms with Crippen molar-refractivity contribution in [3.8, 4) is 0 Å². The van der Waals surface area contributed by atoms with Crippen LogP contribution in [0.15, 0.2) is 0 Å². The molecule has 0 amide bonds. The van der Waals surface area contributed by atoms with Crippen LogP contribution in [0.4, 0.5) is 0 Å². The van der Waals surface area contributed by atoms with E-state index in [1.807, 2.05) is 0 Å². The Balaban J connectivity index is 1.68. The molecule has 2 N–H and O–H groups in total. The van der Waals surface area contributed by atoms with E-state index in [1.165, 1.54) is 90.4 Å². The fraction of sp³-hybridized carbons (Fsp3) is 1.00. The van der Waals surface area contributed by atoms with Crippen molar-refractivity contribution in [2.45, 2.75) is 83.2 Å². The van der Waals surface area contributed by atoms with Crippen LogP contribution in [0.2, 0.25) is 0 Å². The van der Waals surface area contributed by atoms with Crippen molar-refractivity contribution >= 4 is 0 Å². The van der Waals surface area contributed by atoms with Gasteiger partial charge < -0.3 is 10.6 Å². The second-order valence-corrected chi connectivity index (χ2v) is 7.10. The summed E-state index contributed by atoms with van der Waals surface area (Å²) in [6.07, 6.45) is 13.8. The van der Waals surface area contributed by atoms with Gasteiger partial charge in [-0.25, -0.2) is 0 Å². The van der Waals surface area contributed by atoms with E-state index < -0.39 is 0 Å². The van der Waals surface area contributed by atoms with Crippen molar-refractivity contribution in [3.63, 3.8) is 0 Å². The van der Waals surface area contributed by atoms with Crippen molar-refractivity contribution in [2.24, 2.45) is 5.73 Å². The summed E-state index contributed by atoms with van der Waals surface area (Å²) in [5.41, 5.74) is 6.04. The van der Waals surface area contributed by atoms with Gasteiger partial charge in [-0.3, -0.25) is 4.90 Å². The first-order valence-electron chi connectivity index (χ1n) is 9.53. The Morgan fingerprint density at radius 1 is 0.952 bits per heavy atom. The number of hydrogen-bond donors (Lipinski definition) is 1. The highest BCUT2D eigenvalue weighted by molar-refractivity contribution is 4.84. The molecular formula is C18H37N3. The second-order valence-electron chi connectivity index (χ2n) is 7.10. The second kappa shape index (κ2) is 9.81. The highest BCUT2D eigenvalue weighted by Crippen LogP contribution is 2.23. The standard InChI is InChI=1S/C18H37N3/c1-2-3-4-6-9-18(16-19)21-14-10-17(11-15-21)20-12-7-5-8-13-20/h17-18H,2-16,19H2,1H3. The predicted molar refractivity (Wildman–Crippen MR) is 91.6 cm³/mol. The van der Waals surface area contributed by atoms with Crippen molar-refractivity contribution in [3.05, 3.63) is 0 Å². The summed E-state index contributed by atoms with van der Waals surface area (Å²) in [6.45, 7) is 8.38. The van der Waals surface area contributed by atoms with Crippen LogP contribution >= 0.6 is 0 Å². The average molecular weight is 296 g/mol. The lowest BCUT2D eigenvalue weighted by molar-refractivity contribution is 0.0710. The van der Waals surface area contributed by atoms with E-state index >= 15 is 0 Å². The van der Waals surface area contributed by atoms with Crippen molar-refractivity contribution in [1.29, 1.82) is 0 Å². The molecule has 2 rings (SSSR count). The maximum Gasteiger partial charge on any atom is 0.0218 e. The van der Waals surface area contributed by atoms with E-state index in [2.05, 4.69) is 16.7 Å². The molecule has 21 heavy (non-hydrogen) atoms.